The van der Waals surface area contributed by atoms with Gasteiger partial charge < -0.3 is 0 Å². The number of ketones is 1. The zero-order valence-corrected chi connectivity index (χ0v) is 9.77. The number of aryl methyl sites for hydroxylation is 1. The molecule has 1 rings (SSSR count). The van der Waals surface area contributed by atoms with E-state index in [-0.39, 0.29) is 16.9 Å². The zero-order chi connectivity index (χ0) is 12.9. The highest BCUT2D eigenvalue weighted by Crippen LogP contribution is 2.32. The molecule has 1 aromatic rings. The van der Waals surface area contributed by atoms with Gasteiger partial charge in [-0.1, -0.05) is 26.0 Å². The van der Waals surface area contributed by atoms with Gasteiger partial charge in [0.2, 0.25) is 0 Å². The van der Waals surface area contributed by atoms with E-state index in [0.29, 0.717) is 0 Å². The third-order valence-electron chi connectivity index (χ3n) is 1.95. The number of carbonyl (C=O) groups is 1. The molecule has 0 saturated heterocycles. The van der Waals surface area contributed by atoms with Crippen LogP contribution in [0.3, 0.4) is 0 Å². The zero-order valence-electron chi connectivity index (χ0n) is 9.77. The summed E-state index contributed by atoms with van der Waals surface area (Å²) < 4.78 is 37.1. The first-order valence-corrected chi connectivity index (χ1v) is 5.01. The van der Waals surface area contributed by atoms with Gasteiger partial charge in [0.05, 0.1) is 5.56 Å². The van der Waals surface area contributed by atoms with Gasteiger partial charge in [0.1, 0.15) is 0 Å². The van der Waals surface area contributed by atoms with E-state index in [1.165, 1.54) is 26.0 Å². The van der Waals surface area contributed by atoms with E-state index in [1.807, 2.05) is 13.8 Å². The van der Waals surface area contributed by atoms with Gasteiger partial charge in [-0.25, -0.2) is 0 Å². The first-order valence-electron chi connectivity index (χ1n) is 5.01. The van der Waals surface area contributed by atoms with Crippen LogP contribution in [0.15, 0.2) is 18.2 Å². The molecule has 0 bridgehead atoms. The van der Waals surface area contributed by atoms with E-state index in [9.17, 15) is 18.0 Å². The minimum atomic E-state index is -4.39. The normalized spacial score (nSPS) is 10.4. The van der Waals surface area contributed by atoms with Crippen LogP contribution < -0.4 is 0 Å². The summed E-state index contributed by atoms with van der Waals surface area (Å²) in [6, 6.07) is 3.59. The molecule has 0 unspecified atom stereocenters. The highest BCUT2D eigenvalue weighted by Gasteiger charge is 2.32. The van der Waals surface area contributed by atoms with Gasteiger partial charge >= 0.3 is 6.18 Å². The molecule has 0 fully saturated rings. The number of rotatable bonds is 1. The van der Waals surface area contributed by atoms with Crippen molar-refractivity contribution in [2.45, 2.75) is 33.9 Å². The molecule has 0 saturated carbocycles. The number of hydrogen-bond donors (Lipinski definition) is 0. The quantitative estimate of drug-likeness (QED) is 0.662. The molecule has 0 amide bonds. The van der Waals surface area contributed by atoms with Crippen molar-refractivity contribution >= 4 is 5.78 Å². The summed E-state index contributed by atoms with van der Waals surface area (Å²) in [5.41, 5.74) is -0.532. The number of benzene rings is 1. The Morgan fingerprint density at radius 3 is 2.06 bits per heavy atom. The maximum atomic E-state index is 12.4. The Kier molecular flexibility index (Phi) is 5.21. The van der Waals surface area contributed by atoms with Crippen LogP contribution in [0, 0.1) is 6.92 Å². The average Bonchev–Trinajstić information content (AvgIpc) is 2.19. The minimum absolute atomic E-state index is 0.0860. The fourth-order valence-electron chi connectivity index (χ4n) is 1.15. The number of carbonyl (C=O) groups excluding carboxylic acids is 1. The Labute approximate surface area is 93.3 Å². The maximum absolute atomic E-state index is 12.4. The van der Waals surface area contributed by atoms with E-state index >= 15 is 0 Å². The molecule has 16 heavy (non-hydrogen) atoms. The molecule has 0 radical (unpaired) electrons. The Morgan fingerprint density at radius 1 is 1.19 bits per heavy atom. The second-order valence-electron chi connectivity index (χ2n) is 3.08. The second kappa shape index (κ2) is 5.68. The lowest BCUT2D eigenvalue weighted by Gasteiger charge is -2.10. The number of hydrogen-bond acceptors (Lipinski definition) is 1. The second-order valence-corrected chi connectivity index (χ2v) is 3.08. The summed E-state index contributed by atoms with van der Waals surface area (Å²) in [6.45, 7) is 6.61. The molecule has 0 aliphatic heterocycles. The van der Waals surface area contributed by atoms with Crippen LogP contribution in [0.2, 0.25) is 0 Å². The topological polar surface area (TPSA) is 17.1 Å². The Morgan fingerprint density at radius 2 is 1.69 bits per heavy atom. The van der Waals surface area contributed by atoms with Crippen LogP contribution in [0.5, 0.6) is 0 Å². The first kappa shape index (κ1) is 14.7. The van der Waals surface area contributed by atoms with Gasteiger partial charge in [-0.3, -0.25) is 4.79 Å². The highest BCUT2D eigenvalue weighted by atomic mass is 19.4. The van der Waals surface area contributed by atoms with E-state index < -0.39 is 11.7 Å². The molecular weight excluding hydrogens is 217 g/mol. The molecule has 0 N–H and O–H groups in total. The van der Waals surface area contributed by atoms with Gasteiger partial charge in [-0.2, -0.15) is 13.2 Å². The van der Waals surface area contributed by atoms with Crippen LogP contribution in [-0.2, 0) is 6.18 Å². The lowest BCUT2D eigenvalue weighted by atomic mass is 10.0. The van der Waals surface area contributed by atoms with Crippen molar-refractivity contribution in [3.63, 3.8) is 0 Å². The van der Waals surface area contributed by atoms with Gasteiger partial charge in [-0.15, -0.1) is 0 Å². The molecule has 0 heterocycles. The predicted octanol–water partition coefficient (Wildman–Crippen LogP) is 4.24. The van der Waals surface area contributed by atoms with Crippen molar-refractivity contribution in [1.29, 1.82) is 0 Å². The summed E-state index contributed by atoms with van der Waals surface area (Å²) in [6.07, 6.45) is -4.39. The molecule has 1 aromatic carbocycles. The van der Waals surface area contributed by atoms with E-state index in [2.05, 4.69) is 0 Å². The summed E-state index contributed by atoms with van der Waals surface area (Å²) in [7, 11) is 0. The van der Waals surface area contributed by atoms with Crippen LogP contribution >= 0.6 is 0 Å². The summed E-state index contributed by atoms with van der Waals surface area (Å²) in [4.78, 5) is 10.9. The summed E-state index contributed by atoms with van der Waals surface area (Å²) in [5, 5.41) is 0. The number of halogens is 3. The van der Waals surface area contributed by atoms with E-state index in [4.69, 9.17) is 0 Å². The Hall–Kier alpha value is -1.32. The minimum Gasteiger partial charge on any atom is -0.295 e. The van der Waals surface area contributed by atoms with Crippen molar-refractivity contribution in [2.24, 2.45) is 0 Å². The fourth-order valence-corrected chi connectivity index (χ4v) is 1.15. The van der Waals surface area contributed by atoms with Crippen LogP contribution in [0.1, 0.15) is 42.3 Å². The first-order chi connectivity index (χ1) is 7.32. The van der Waals surface area contributed by atoms with Crippen molar-refractivity contribution in [3.8, 4) is 0 Å². The lowest BCUT2D eigenvalue weighted by Crippen LogP contribution is -2.09. The van der Waals surface area contributed by atoms with Gasteiger partial charge in [0.15, 0.2) is 5.78 Å². The SMILES string of the molecule is CC.CC(=O)c1ccc(C)c(C(F)(F)F)c1. The molecule has 90 valence electrons. The van der Waals surface area contributed by atoms with Gasteiger partial charge in [0.25, 0.3) is 0 Å². The van der Waals surface area contributed by atoms with E-state index in [1.54, 1.807) is 0 Å². The number of alkyl halides is 3. The average molecular weight is 232 g/mol. The third kappa shape index (κ3) is 3.68. The van der Waals surface area contributed by atoms with E-state index in [0.717, 1.165) is 6.07 Å². The molecule has 4 heteroatoms. The smallest absolute Gasteiger partial charge is 0.295 e. The standard InChI is InChI=1S/C10H9F3O.C2H6/c1-6-3-4-8(7(2)14)5-9(6)10(11,12)13;1-2/h3-5H,1-2H3;1-2H3. The monoisotopic (exact) mass is 232 g/mol. The molecule has 0 spiro atoms. The van der Waals surface area contributed by atoms with Crippen LogP contribution in [-0.4, -0.2) is 5.78 Å². The van der Waals surface area contributed by atoms with Gasteiger partial charge in [0, 0.05) is 5.56 Å². The maximum Gasteiger partial charge on any atom is 0.416 e. The lowest BCUT2D eigenvalue weighted by molar-refractivity contribution is -0.138. The van der Waals surface area contributed by atoms with Crippen molar-refractivity contribution in [2.75, 3.05) is 0 Å². The molecule has 1 nitrogen and oxygen atoms in total. The van der Waals surface area contributed by atoms with Crippen LogP contribution in [0.4, 0.5) is 13.2 Å². The number of Topliss-reactive ketones (excluding diaryl/α,β-unsaturated/α-hetero) is 1. The fraction of sp³-hybridized carbons (Fsp3) is 0.417. The molecule has 0 aliphatic rings. The summed E-state index contributed by atoms with van der Waals surface area (Å²) >= 11 is 0. The Balaban J connectivity index is 0.00000106. The molecular formula is C12H15F3O. The molecule has 0 atom stereocenters. The molecule has 0 aromatic heterocycles. The summed E-state index contributed by atoms with van der Waals surface area (Å²) in [5.74, 6) is -0.365. The van der Waals surface area contributed by atoms with Crippen molar-refractivity contribution in [3.05, 3.63) is 34.9 Å². The highest BCUT2D eigenvalue weighted by molar-refractivity contribution is 5.94. The predicted molar refractivity (Wildman–Crippen MR) is 57.5 cm³/mol. The van der Waals surface area contributed by atoms with Crippen molar-refractivity contribution in [1.82, 2.24) is 0 Å². The largest absolute Gasteiger partial charge is 0.416 e. The van der Waals surface area contributed by atoms with Crippen LogP contribution in [0.25, 0.3) is 0 Å². The Bertz CT molecular complexity index is 367. The van der Waals surface area contributed by atoms with Gasteiger partial charge in [-0.05, 0) is 25.5 Å². The van der Waals surface area contributed by atoms with Crippen molar-refractivity contribution < 1.29 is 18.0 Å². The third-order valence-corrected chi connectivity index (χ3v) is 1.95. The molecule has 0 aliphatic carbocycles.